The fraction of sp³-hybridized carbons (Fsp3) is 0.786. The average Bonchev–Trinajstić information content (AvgIpc) is 2.68. The molecule has 8 nitrogen and oxygen atoms in total. The van der Waals surface area contributed by atoms with Crippen LogP contribution in [0.25, 0.3) is 0 Å². The highest BCUT2D eigenvalue weighted by molar-refractivity contribution is 5.75. The van der Waals surface area contributed by atoms with Gasteiger partial charge in [-0.25, -0.2) is 0 Å². The average molecular weight is 320 g/mol. The van der Waals surface area contributed by atoms with E-state index in [9.17, 15) is 19.5 Å². The van der Waals surface area contributed by atoms with Gasteiger partial charge in [0.2, 0.25) is 0 Å². The summed E-state index contributed by atoms with van der Waals surface area (Å²) in [6.45, 7) is 0.0672. The van der Waals surface area contributed by atoms with Crippen molar-refractivity contribution in [1.82, 2.24) is 0 Å². The fourth-order valence-electron chi connectivity index (χ4n) is 1.87. The van der Waals surface area contributed by atoms with E-state index >= 15 is 0 Å². The van der Waals surface area contributed by atoms with Gasteiger partial charge in [0.1, 0.15) is 6.10 Å². The molecule has 0 aromatic carbocycles. The quantitative estimate of drug-likeness (QED) is 0.498. The van der Waals surface area contributed by atoms with E-state index in [1.807, 2.05) is 0 Å². The molecule has 0 aromatic heterocycles. The van der Waals surface area contributed by atoms with Crippen molar-refractivity contribution in [2.45, 2.75) is 63.6 Å². The Bertz CT molecular complexity index is 341. The summed E-state index contributed by atoms with van der Waals surface area (Å²) in [5.41, 5.74) is 0. The smallest absolute Gasteiger partial charge is 0.306 e. The van der Waals surface area contributed by atoms with Gasteiger partial charge in [-0.1, -0.05) is 0 Å². The van der Waals surface area contributed by atoms with Crippen LogP contribution in [0.3, 0.4) is 0 Å². The Morgan fingerprint density at radius 3 is 2.27 bits per heavy atom. The molecule has 128 valence electrons. The molecule has 0 aromatic rings. The Kier molecular flexibility index (Phi) is 11.0. The van der Waals surface area contributed by atoms with E-state index in [1.165, 1.54) is 0 Å². The molecule has 1 rings (SSSR count). The minimum atomic E-state index is -1.08. The molecular weight excluding hydrogens is 296 g/mol. The first-order valence-electron chi connectivity index (χ1n) is 7.28. The second-order valence-corrected chi connectivity index (χ2v) is 4.99. The number of esters is 1. The maximum absolute atomic E-state index is 11.1. The molecule has 0 aliphatic carbocycles. The lowest BCUT2D eigenvalue weighted by atomic mass is 10.0. The summed E-state index contributed by atoms with van der Waals surface area (Å²) in [5, 5.41) is 34.1. The molecule has 1 heterocycles. The van der Waals surface area contributed by atoms with Crippen LogP contribution in [0.15, 0.2) is 0 Å². The van der Waals surface area contributed by atoms with Crippen LogP contribution in [0.4, 0.5) is 0 Å². The van der Waals surface area contributed by atoms with Crippen molar-refractivity contribution in [3.63, 3.8) is 0 Å². The van der Waals surface area contributed by atoms with Crippen LogP contribution in [-0.2, 0) is 19.1 Å². The summed E-state index contributed by atoms with van der Waals surface area (Å²) in [4.78, 5) is 30.4. The zero-order valence-electron chi connectivity index (χ0n) is 12.4. The van der Waals surface area contributed by atoms with Crippen LogP contribution in [0.1, 0.15) is 51.4 Å². The summed E-state index contributed by atoms with van der Waals surface area (Å²) in [5.74, 6) is -2.37. The SMILES string of the molecule is O=C(O)CCC(=O)O.O=C1CCCCC(C(O)CCCO)O1. The summed E-state index contributed by atoms with van der Waals surface area (Å²) < 4.78 is 5.10. The van der Waals surface area contributed by atoms with Gasteiger partial charge in [0.15, 0.2) is 0 Å². The molecule has 2 unspecified atom stereocenters. The zero-order valence-corrected chi connectivity index (χ0v) is 12.4. The van der Waals surface area contributed by atoms with E-state index in [4.69, 9.17) is 20.1 Å². The van der Waals surface area contributed by atoms with Crippen LogP contribution in [0.2, 0.25) is 0 Å². The number of aliphatic hydroxyl groups is 2. The second-order valence-electron chi connectivity index (χ2n) is 4.99. The first kappa shape index (κ1) is 20.3. The Hall–Kier alpha value is -1.67. The highest BCUT2D eigenvalue weighted by Gasteiger charge is 2.24. The molecule has 4 N–H and O–H groups in total. The molecule has 22 heavy (non-hydrogen) atoms. The number of aliphatic carboxylic acids is 2. The molecule has 0 bridgehead atoms. The molecule has 1 saturated heterocycles. The molecule has 0 amide bonds. The lowest BCUT2D eigenvalue weighted by Gasteiger charge is -2.20. The third-order valence-corrected chi connectivity index (χ3v) is 3.04. The maximum atomic E-state index is 11.1. The van der Waals surface area contributed by atoms with Crippen molar-refractivity contribution >= 4 is 17.9 Å². The minimum Gasteiger partial charge on any atom is -0.481 e. The number of ether oxygens (including phenoxy) is 1. The standard InChI is InChI=1S/C10H18O4.C4H6O4/c11-7-3-4-8(12)9-5-1-2-6-10(13)14-9;5-3(6)1-2-4(7)8/h8-9,11-12H,1-7H2;1-2H2,(H,5,6)(H,7,8). The highest BCUT2D eigenvalue weighted by Crippen LogP contribution is 2.19. The number of carboxylic acids is 2. The maximum Gasteiger partial charge on any atom is 0.306 e. The van der Waals surface area contributed by atoms with Crippen LogP contribution in [0.5, 0.6) is 0 Å². The first-order valence-corrected chi connectivity index (χ1v) is 7.28. The number of hydrogen-bond donors (Lipinski definition) is 4. The summed E-state index contributed by atoms with van der Waals surface area (Å²) in [6, 6.07) is 0. The van der Waals surface area contributed by atoms with Gasteiger partial charge in [-0.3, -0.25) is 14.4 Å². The normalized spacial score (nSPS) is 19.2. The molecule has 0 radical (unpaired) electrons. The molecule has 1 aliphatic heterocycles. The van der Waals surface area contributed by atoms with Gasteiger partial charge in [-0.15, -0.1) is 0 Å². The number of carbonyl (C=O) groups excluding carboxylic acids is 1. The van der Waals surface area contributed by atoms with Crippen LogP contribution < -0.4 is 0 Å². The van der Waals surface area contributed by atoms with Crippen LogP contribution >= 0.6 is 0 Å². The van der Waals surface area contributed by atoms with Gasteiger partial charge in [0.25, 0.3) is 0 Å². The number of hydrogen-bond acceptors (Lipinski definition) is 6. The van der Waals surface area contributed by atoms with Gasteiger partial charge < -0.3 is 25.2 Å². The number of rotatable bonds is 7. The molecule has 1 aliphatic rings. The Balaban J connectivity index is 0.000000472. The Morgan fingerprint density at radius 2 is 1.77 bits per heavy atom. The van der Waals surface area contributed by atoms with E-state index in [0.29, 0.717) is 19.3 Å². The van der Waals surface area contributed by atoms with E-state index < -0.39 is 18.0 Å². The van der Waals surface area contributed by atoms with Crippen molar-refractivity contribution in [2.24, 2.45) is 0 Å². The number of cyclic esters (lactones) is 1. The number of carbonyl (C=O) groups is 3. The first-order chi connectivity index (χ1) is 10.4. The summed E-state index contributed by atoms with van der Waals surface area (Å²) in [7, 11) is 0. The van der Waals surface area contributed by atoms with E-state index in [1.54, 1.807) is 0 Å². The van der Waals surface area contributed by atoms with Crippen LogP contribution in [0, 0.1) is 0 Å². The highest BCUT2D eigenvalue weighted by atomic mass is 16.6. The predicted molar refractivity (Wildman–Crippen MR) is 75.2 cm³/mol. The third kappa shape index (κ3) is 11.0. The number of aliphatic hydroxyl groups excluding tert-OH is 2. The third-order valence-electron chi connectivity index (χ3n) is 3.04. The van der Waals surface area contributed by atoms with E-state index in [-0.39, 0.29) is 31.5 Å². The van der Waals surface area contributed by atoms with Crippen molar-refractivity contribution in [1.29, 1.82) is 0 Å². The largest absolute Gasteiger partial charge is 0.481 e. The van der Waals surface area contributed by atoms with Crippen molar-refractivity contribution < 1.29 is 39.5 Å². The second kappa shape index (κ2) is 11.9. The van der Waals surface area contributed by atoms with Crippen LogP contribution in [-0.4, -0.2) is 57.1 Å². The van der Waals surface area contributed by atoms with Gasteiger partial charge in [-0.2, -0.15) is 0 Å². The Labute approximate surface area is 128 Å². The summed E-state index contributed by atoms with van der Waals surface area (Å²) in [6.07, 6.45) is 2.44. The summed E-state index contributed by atoms with van der Waals surface area (Å²) >= 11 is 0. The fourth-order valence-corrected chi connectivity index (χ4v) is 1.87. The Morgan fingerprint density at radius 1 is 1.18 bits per heavy atom. The molecular formula is C14H24O8. The van der Waals surface area contributed by atoms with Crippen molar-refractivity contribution in [2.75, 3.05) is 6.61 Å². The van der Waals surface area contributed by atoms with Crippen molar-refractivity contribution in [3.05, 3.63) is 0 Å². The lowest BCUT2D eigenvalue weighted by Crippen LogP contribution is -2.30. The minimum absolute atomic E-state index is 0.0672. The number of carboxylic acid groups (broad SMARTS) is 2. The predicted octanol–water partition coefficient (Wildman–Crippen LogP) is 0.541. The van der Waals surface area contributed by atoms with E-state index in [2.05, 4.69) is 0 Å². The molecule has 1 fully saturated rings. The van der Waals surface area contributed by atoms with E-state index in [0.717, 1.165) is 19.3 Å². The van der Waals surface area contributed by atoms with Gasteiger partial charge in [0, 0.05) is 13.0 Å². The van der Waals surface area contributed by atoms with Gasteiger partial charge in [-0.05, 0) is 32.1 Å². The lowest BCUT2D eigenvalue weighted by molar-refractivity contribution is -0.154. The van der Waals surface area contributed by atoms with Gasteiger partial charge in [0.05, 0.1) is 18.9 Å². The topological polar surface area (TPSA) is 141 Å². The van der Waals surface area contributed by atoms with Gasteiger partial charge >= 0.3 is 17.9 Å². The molecule has 2 atom stereocenters. The molecule has 0 spiro atoms. The molecule has 8 heteroatoms. The van der Waals surface area contributed by atoms with Crippen molar-refractivity contribution in [3.8, 4) is 0 Å². The zero-order chi connectivity index (χ0) is 17.0. The monoisotopic (exact) mass is 320 g/mol. The molecule has 0 saturated carbocycles.